The van der Waals surface area contributed by atoms with E-state index in [2.05, 4.69) is 15.6 Å². The Morgan fingerprint density at radius 1 is 1.03 bits per heavy atom. The van der Waals surface area contributed by atoms with Crippen molar-refractivity contribution in [1.82, 2.24) is 15.6 Å². The van der Waals surface area contributed by atoms with Gasteiger partial charge in [0.1, 0.15) is 6.04 Å². The van der Waals surface area contributed by atoms with E-state index in [9.17, 15) is 14.4 Å². The van der Waals surface area contributed by atoms with Crippen LogP contribution in [0.1, 0.15) is 47.0 Å². The Kier molecular flexibility index (Phi) is 7.47. The zero-order chi connectivity index (χ0) is 23.0. The van der Waals surface area contributed by atoms with E-state index in [1.807, 2.05) is 30.3 Å². The second-order valence-corrected chi connectivity index (χ2v) is 8.89. The Bertz CT molecular complexity index is 1070. The molecule has 1 saturated carbocycles. The van der Waals surface area contributed by atoms with Crippen LogP contribution >= 0.6 is 11.3 Å². The van der Waals surface area contributed by atoms with Crippen molar-refractivity contribution in [2.45, 2.75) is 37.8 Å². The second kappa shape index (κ2) is 10.9. The molecule has 0 unspecified atom stereocenters. The molecule has 3 amide bonds. The molecule has 1 atom stereocenters. The number of aromatic nitrogens is 1. The van der Waals surface area contributed by atoms with Crippen LogP contribution in [-0.2, 0) is 9.59 Å². The fourth-order valence-electron chi connectivity index (χ4n) is 4.07. The normalized spacial score (nSPS) is 14.4. The van der Waals surface area contributed by atoms with Crippen LogP contribution in [0.25, 0.3) is 0 Å². The number of rotatable bonds is 8. The molecule has 0 aliphatic heterocycles. The van der Waals surface area contributed by atoms with E-state index in [0.29, 0.717) is 16.1 Å². The lowest BCUT2D eigenvalue weighted by molar-refractivity contribution is -0.126. The summed E-state index contributed by atoms with van der Waals surface area (Å²) in [5.74, 6) is -0.964. The van der Waals surface area contributed by atoms with Gasteiger partial charge < -0.3 is 10.6 Å². The maximum atomic E-state index is 13.5. The summed E-state index contributed by atoms with van der Waals surface area (Å²) in [6.45, 7) is -0.244. The van der Waals surface area contributed by atoms with Crippen LogP contribution in [0.4, 0.5) is 5.69 Å². The summed E-state index contributed by atoms with van der Waals surface area (Å²) in [5.41, 5.74) is 1.18. The first-order valence-electron chi connectivity index (χ1n) is 11.0. The van der Waals surface area contributed by atoms with E-state index in [1.54, 1.807) is 42.0 Å². The third-order valence-corrected chi connectivity index (χ3v) is 6.53. The number of hydrogen-bond acceptors (Lipinski definition) is 5. The first-order chi connectivity index (χ1) is 16.1. The number of amides is 3. The smallest absolute Gasteiger partial charge is 0.261 e. The van der Waals surface area contributed by atoms with Crippen LogP contribution in [0.3, 0.4) is 0 Å². The largest absolute Gasteiger partial charge is 0.351 e. The highest BCUT2D eigenvalue weighted by atomic mass is 32.1. The van der Waals surface area contributed by atoms with Gasteiger partial charge in [-0.25, -0.2) is 0 Å². The molecule has 3 aromatic rings. The molecule has 1 aromatic carbocycles. The van der Waals surface area contributed by atoms with Crippen LogP contribution in [0.2, 0.25) is 0 Å². The van der Waals surface area contributed by atoms with E-state index in [-0.39, 0.29) is 24.4 Å². The van der Waals surface area contributed by atoms with Crippen LogP contribution < -0.4 is 15.5 Å². The summed E-state index contributed by atoms with van der Waals surface area (Å²) in [7, 11) is 0. The van der Waals surface area contributed by atoms with Crippen LogP contribution in [0.5, 0.6) is 0 Å². The van der Waals surface area contributed by atoms with E-state index < -0.39 is 11.9 Å². The molecule has 0 bridgehead atoms. The fourth-order valence-corrected chi connectivity index (χ4v) is 4.71. The third-order valence-electron chi connectivity index (χ3n) is 5.66. The SMILES string of the molecule is O=C(NCC(=O)N(c1cccnc1)[C@@H](C(=O)NC1CCCC1)c1ccccc1)c1cccs1. The summed E-state index contributed by atoms with van der Waals surface area (Å²) in [4.78, 5) is 45.5. The van der Waals surface area contributed by atoms with E-state index in [1.165, 1.54) is 16.2 Å². The molecule has 4 rings (SSSR count). The topological polar surface area (TPSA) is 91.4 Å². The van der Waals surface area contributed by atoms with Crippen molar-refractivity contribution < 1.29 is 14.4 Å². The maximum absolute atomic E-state index is 13.5. The zero-order valence-electron chi connectivity index (χ0n) is 18.1. The summed E-state index contributed by atoms with van der Waals surface area (Å²) in [5, 5.41) is 7.62. The average Bonchev–Trinajstić information content (AvgIpc) is 3.56. The van der Waals surface area contributed by atoms with Gasteiger partial charge in [0, 0.05) is 12.2 Å². The predicted octanol–water partition coefficient (Wildman–Crippen LogP) is 3.71. The lowest BCUT2D eigenvalue weighted by atomic mass is 10.0. The summed E-state index contributed by atoms with van der Waals surface area (Å²) < 4.78 is 0. The molecule has 0 saturated heterocycles. The van der Waals surface area contributed by atoms with Crippen molar-refractivity contribution in [2.24, 2.45) is 0 Å². The number of carbonyl (C=O) groups excluding carboxylic acids is 3. The van der Waals surface area contributed by atoms with E-state index in [0.717, 1.165) is 25.7 Å². The Balaban J connectivity index is 1.63. The molecule has 8 heteroatoms. The van der Waals surface area contributed by atoms with Crippen molar-refractivity contribution in [2.75, 3.05) is 11.4 Å². The van der Waals surface area contributed by atoms with Gasteiger partial charge in [-0.05, 0) is 42.0 Å². The summed E-state index contributed by atoms with van der Waals surface area (Å²) in [6.07, 6.45) is 7.20. The highest BCUT2D eigenvalue weighted by molar-refractivity contribution is 7.12. The van der Waals surface area contributed by atoms with Crippen molar-refractivity contribution in [3.05, 3.63) is 82.8 Å². The molecule has 33 heavy (non-hydrogen) atoms. The van der Waals surface area contributed by atoms with Crippen LogP contribution in [0.15, 0.2) is 72.4 Å². The van der Waals surface area contributed by atoms with Crippen molar-refractivity contribution >= 4 is 34.7 Å². The van der Waals surface area contributed by atoms with Gasteiger partial charge >= 0.3 is 0 Å². The van der Waals surface area contributed by atoms with Gasteiger partial charge in [0.05, 0.1) is 23.3 Å². The maximum Gasteiger partial charge on any atom is 0.261 e. The van der Waals surface area contributed by atoms with E-state index >= 15 is 0 Å². The van der Waals surface area contributed by atoms with Crippen molar-refractivity contribution in [3.8, 4) is 0 Å². The molecule has 1 fully saturated rings. The minimum Gasteiger partial charge on any atom is -0.351 e. The van der Waals surface area contributed by atoms with Gasteiger partial charge in [0.2, 0.25) is 11.8 Å². The third kappa shape index (κ3) is 5.64. The zero-order valence-corrected chi connectivity index (χ0v) is 19.0. The predicted molar refractivity (Wildman–Crippen MR) is 128 cm³/mol. The lowest BCUT2D eigenvalue weighted by Gasteiger charge is -2.32. The molecule has 0 spiro atoms. The number of carbonyl (C=O) groups is 3. The summed E-state index contributed by atoms with van der Waals surface area (Å²) in [6, 6.07) is 15.4. The highest BCUT2D eigenvalue weighted by Gasteiger charge is 2.34. The van der Waals surface area contributed by atoms with Crippen molar-refractivity contribution in [1.29, 1.82) is 0 Å². The standard InChI is InChI=1S/C25H26N4O3S/c30-22(17-27-24(31)21-13-7-15-33-21)29(20-12-6-14-26-16-20)23(18-8-2-1-3-9-18)25(32)28-19-10-4-5-11-19/h1-3,6-9,12-16,19,23H,4-5,10-11,17H2,(H,27,31)(H,28,32)/t23-/m1/s1. The second-order valence-electron chi connectivity index (χ2n) is 7.94. The van der Waals surface area contributed by atoms with Gasteiger partial charge in [-0.15, -0.1) is 11.3 Å². The Hall–Kier alpha value is -3.52. The number of anilines is 1. The molecule has 1 aliphatic rings. The molecule has 2 N–H and O–H groups in total. The number of hydrogen-bond donors (Lipinski definition) is 2. The number of benzene rings is 1. The van der Waals surface area contributed by atoms with Gasteiger partial charge in [-0.1, -0.05) is 49.2 Å². The van der Waals surface area contributed by atoms with Gasteiger partial charge in [0.15, 0.2) is 0 Å². The monoisotopic (exact) mass is 462 g/mol. The molecule has 7 nitrogen and oxygen atoms in total. The number of pyridine rings is 1. The highest BCUT2D eigenvalue weighted by Crippen LogP contribution is 2.28. The van der Waals surface area contributed by atoms with Gasteiger partial charge in [0.25, 0.3) is 5.91 Å². The minimum atomic E-state index is -0.887. The summed E-state index contributed by atoms with van der Waals surface area (Å²) >= 11 is 1.30. The Morgan fingerprint density at radius 3 is 2.48 bits per heavy atom. The molecular weight excluding hydrogens is 436 g/mol. The Morgan fingerprint density at radius 2 is 1.82 bits per heavy atom. The van der Waals surface area contributed by atoms with Crippen molar-refractivity contribution in [3.63, 3.8) is 0 Å². The quantitative estimate of drug-likeness (QED) is 0.534. The lowest BCUT2D eigenvalue weighted by Crippen LogP contribution is -2.49. The molecule has 1 aliphatic carbocycles. The number of nitrogens with zero attached hydrogens (tertiary/aromatic N) is 2. The molecule has 170 valence electrons. The first-order valence-corrected chi connectivity index (χ1v) is 11.9. The first kappa shape index (κ1) is 22.7. The van der Waals surface area contributed by atoms with Gasteiger partial charge in [-0.3, -0.25) is 24.3 Å². The van der Waals surface area contributed by atoms with Crippen LogP contribution in [0, 0.1) is 0 Å². The van der Waals surface area contributed by atoms with Crippen LogP contribution in [-0.4, -0.2) is 35.3 Å². The van der Waals surface area contributed by atoms with E-state index in [4.69, 9.17) is 0 Å². The molecular formula is C25H26N4O3S. The number of nitrogens with one attached hydrogen (secondary N) is 2. The van der Waals surface area contributed by atoms with Gasteiger partial charge in [-0.2, -0.15) is 0 Å². The molecule has 2 heterocycles. The fraction of sp³-hybridized carbons (Fsp3) is 0.280. The average molecular weight is 463 g/mol. The number of thiophene rings is 1. The molecule has 0 radical (unpaired) electrons. The Labute approximate surface area is 196 Å². The minimum absolute atomic E-state index is 0.105. The molecule has 2 aromatic heterocycles.